The highest BCUT2D eigenvalue weighted by molar-refractivity contribution is 6.30. The molecule has 1 heterocycles. The molecule has 2 N–H and O–H groups in total. The largest absolute Gasteiger partial charge is 0.457 e. The van der Waals surface area contributed by atoms with Crippen LogP contribution in [0.1, 0.15) is 0 Å². The minimum absolute atomic E-state index is 0.0577. The van der Waals surface area contributed by atoms with E-state index >= 15 is 0 Å². The maximum Gasteiger partial charge on any atom is 0.387 e. The van der Waals surface area contributed by atoms with Crippen molar-refractivity contribution in [2.75, 3.05) is 11.9 Å². The zero-order chi connectivity index (χ0) is 17.4. The molecule has 0 radical (unpaired) electrons. The number of hydrogen-bond donors (Lipinski definition) is 2. The van der Waals surface area contributed by atoms with E-state index in [1.165, 1.54) is 6.20 Å². The van der Waals surface area contributed by atoms with Crippen molar-refractivity contribution >= 4 is 17.3 Å². The normalized spacial score (nSPS) is 11.2. The van der Waals surface area contributed by atoms with Crippen LogP contribution >= 0.6 is 11.6 Å². The predicted octanol–water partition coefficient (Wildman–Crippen LogP) is 4.09. The SMILES string of the molecule is N=N/C(=C\Nc1ccc(Cl)cc1)COc1ncc(OC(F)F)cn1. The zero-order valence-corrected chi connectivity index (χ0v) is 12.9. The van der Waals surface area contributed by atoms with Gasteiger partial charge in [0.1, 0.15) is 12.3 Å². The fourth-order valence-corrected chi connectivity index (χ4v) is 1.63. The fourth-order valence-electron chi connectivity index (χ4n) is 1.50. The summed E-state index contributed by atoms with van der Waals surface area (Å²) >= 11 is 5.78. The lowest BCUT2D eigenvalue weighted by Gasteiger charge is -2.06. The van der Waals surface area contributed by atoms with Gasteiger partial charge in [-0.05, 0) is 24.3 Å². The summed E-state index contributed by atoms with van der Waals surface area (Å²) in [6.07, 6.45) is 3.59. The van der Waals surface area contributed by atoms with Crippen molar-refractivity contribution in [3.8, 4) is 11.8 Å². The summed E-state index contributed by atoms with van der Waals surface area (Å²) < 4.78 is 33.3. The molecule has 0 saturated carbocycles. The molecular formula is C14H12ClF2N5O2. The van der Waals surface area contributed by atoms with Crippen molar-refractivity contribution in [1.29, 1.82) is 5.53 Å². The van der Waals surface area contributed by atoms with Gasteiger partial charge in [0.05, 0.1) is 12.4 Å². The van der Waals surface area contributed by atoms with Crippen LogP contribution in [0.5, 0.6) is 11.8 Å². The highest BCUT2D eigenvalue weighted by Gasteiger charge is 2.06. The van der Waals surface area contributed by atoms with Gasteiger partial charge in [0.15, 0.2) is 5.75 Å². The minimum atomic E-state index is -2.95. The van der Waals surface area contributed by atoms with Crippen LogP contribution < -0.4 is 14.8 Å². The Kier molecular flexibility index (Phi) is 6.38. The molecule has 0 fully saturated rings. The Bertz CT molecular complexity index is 695. The van der Waals surface area contributed by atoms with E-state index < -0.39 is 6.61 Å². The number of alkyl halides is 2. The van der Waals surface area contributed by atoms with Crippen molar-refractivity contribution < 1.29 is 18.3 Å². The van der Waals surface area contributed by atoms with Crippen LogP contribution in [0.3, 0.4) is 0 Å². The second-order valence-corrected chi connectivity index (χ2v) is 4.70. The molecule has 0 saturated heterocycles. The number of nitrogens with one attached hydrogen (secondary N) is 2. The number of ether oxygens (including phenoxy) is 2. The lowest BCUT2D eigenvalue weighted by molar-refractivity contribution is -0.0504. The first kappa shape index (κ1) is 17.5. The third-order valence-corrected chi connectivity index (χ3v) is 2.82. The molecule has 2 aromatic rings. The van der Waals surface area contributed by atoms with Crippen molar-refractivity contribution in [3.63, 3.8) is 0 Å². The third-order valence-electron chi connectivity index (χ3n) is 2.57. The van der Waals surface area contributed by atoms with Gasteiger partial charge in [-0.15, -0.1) is 0 Å². The summed E-state index contributed by atoms with van der Waals surface area (Å²) in [6, 6.07) is 6.88. The van der Waals surface area contributed by atoms with Crippen molar-refractivity contribution in [2.45, 2.75) is 6.61 Å². The zero-order valence-electron chi connectivity index (χ0n) is 12.1. The number of benzene rings is 1. The monoisotopic (exact) mass is 355 g/mol. The Morgan fingerprint density at radius 3 is 2.54 bits per heavy atom. The molecule has 1 aromatic carbocycles. The van der Waals surface area contributed by atoms with Gasteiger partial charge in [-0.25, -0.2) is 5.53 Å². The Hall–Kier alpha value is -2.81. The maximum absolute atomic E-state index is 12.0. The van der Waals surface area contributed by atoms with Crippen LogP contribution in [0, 0.1) is 5.53 Å². The Morgan fingerprint density at radius 2 is 1.96 bits per heavy atom. The first-order valence-corrected chi connectivity index (χ1v) is 6.93. The maximum atomic E-state index is 12.0. The molecule has 0 unspecified atom stereocenters. The molecule has 0 atom stereocenters. The quantitative estimate of drug-likeness (QED) is 0.695. The van der Waals surface area contributed by atoms with Crippen molar-refractivity contribution in [3.05, 3.63) is 53.6 Å². The van der Waals surface area contributed by atoms with E-state index in [2.05, 4.69) is 25.1 Å². The van der Waals surface area contributed by atoms with Gasteiger partial charge >= 0.3 is 12.6 Å². The molecule has 0 amide bonds. The number of aromatic nitrogens is 2. The predicted molar refractivity (Wildman–Crippen MR) is 82.5 cm³/mol. The standard InChI is InChI=1S/C14H12ClF2N5O2/c15-9-1-3-10(4-2-9)19-5-11(22-18)8-23-14-20-6-12(7-21-14)24-13(16)17/h1-7,13,18-19H,8H2/b11-5-,22-18?. The topological polar surface area (TPSA) is 92.5 Å². The van der Waals surface area contributed by atoms with Crippen LogP contribution in [0.15, 0.2) is 53.7 Å². The second kappa shape index (κ2) is 8.73. The molecule has 2 rings (SSSR count). The molecule has 0 aliphatic carbocycles. The smallest absolute Gasteiger partial charge is 0.387 e. The molecular weight excluding hydrogens is 344 g/mol. The number of anilines is 1. The van der Waals surface area contributed by atoms with Gasteiger partial charge in [0, 0.05) is 16.9 Å². The van der Waals surface area contributed by atoms with Gasteiger partial charge < -0.3 is 14.8 Å². The molecule has 0 spiro atoms. The van der Waals surface area contributed by atoms with Crippen molar-refractivity contribution in [2.24, 2.45) is 5.11 Å². The Labute approximate surface area is 140 Å². The molecule has 7 nitrogen and oxygen atoms in total. The Balaban J connectivity index is 1.89. The molecule has 0 aliphatic rings. The number of nitrogens with zero attached hydrogens (tertiary/aromatic N) is 3. The lowest BCUT2D eigenvalue weighted by Crippen LogP contribution is -2.06. The number of hydrogen-bond acceptors (Lipinski definition) is 7. The first-order chi connectivity index (χ1) is 11.6. The Morgan fingerprint density at radius 1 is 1.29 bits per heavy atom. The summed E-state index contributed by atoms with van der Waals surface area (Å²) in [6.45, 7) is -3.03. The second-order valence-electron chi connectivity index (χ2n) is 4.27. The molecule has 0 aliphatic heterocycles. The van der Waals surface area contributed by atoms with Crippen LogP contribution in [-0.4, -0.2) is 23.2 Å². The highest BCUT2D eigenvalue weighted by atomic mass is 35.5. The summed E-state index contributed by atoms with van der Waals surface area (Å²) in [4.78, 5) is 7.42. The van der Waals surface area contributed by atoms with E-state index in [0.717, 1.165) is 18.1 Å². The molecule has 24 heavy (non-hydrogen) atoms. The summed E-state index contributed by atoms with van der Waals surface area (Å²) in [7, 11) is 0. The van der Waals surface area contributed by atoms with Crippen LogP contribution in [0.4, 0.5) is 14.5 Å². The van der Waals surface area contributed by atoms with E-state index in [9.17, 15) is 8.78 Å². The van der Waals surface area contributed by atoms with Gasteiger partial charge in [0.25, 0.3) is 0 Å². The van der Waals surface area contributed by atoms with Crippen molar-refractivity contribution in [1.82, 2.24) is 9.97 Å². The molecule has 126 valence electrons. The van der Waals surface area contributed by atoms with E-state index in [0.29, 0.717) is 5.02 Å². The summed E-state index contributed by atoms with van der Waals surface area (Å²) in [5.74, 6) is -0.178. The highest BCUT2D eigenvalue weighted by Crippen LogP contribution is 2.15. The molecule has 10 heteroatoms. The van der Waals surface area contributed by atoms with E-state index in [1.54, 1.807) is 24.3 Å². The number of halogens is 3. The van der Waals surface area contributed by atoms with Gasteiger partial charge in [-0.1, -0.05) is 11.6 Å². The molecule has 0 bridgehead atoms. The average Bonchev–Trinajstić information content (AvgIpc) is 2.57. The molecule has 1 aromatic heterocycles. The van der Waals surface area contributed by atoms with E-state index in [-0.39, 0.29) is 24.1 Å². The van der Waals surface area contributed by atoms with E-state index in [4.69, 9.17) is 21.9 Å². The average molecular weight is 356 g/mol. The minimum Gasteiger partial charge on any atom is -0.457 e. The third kappa shape index (κ3) is 5.76. The van der Waals surface area contributed by atoms with Gasteiger partial charge in [-0.2, -0.15) is 23.9 Å². The first-order valence-electron chi connectivity index (χ1n) is 6.55. The lowest BCUT2D eigenvalue weighted by atomic mass is 10.3. The summed E-state index contributed by atoms with van der Waals surface area (Å²) in [5, 5.41) is 6.85. The van der Waals surface area contributed by atoms with Gasteiger partial charge in [0.2, 0.25) is 0 Å². The van der Waals surface area contributed by atoms with E-state index in [1.807, 2.05) is 0 Å². The fraction of sp³-hybridized carbons (Fsp3) is 0.143. The number of rotatable bonds is 8. The summed E-state index contributed by atoms with van der Waals surface area (Å²) in [5.41, 5.74) is 8.13. The van der Waals surface area contributed by atoms with Gasteiger partial charge in [-0.3, -0.25) is 0 Å². The van der Waals surface area contributed by atoms with Crippen LogP contribution in [0.2, 0.25) is 5.02 Å². The van der Waals surface area contributed by atoms with Crippen LogP contribution in [-0.2, 0) is 0 Å². The van der Waals surface area contributed by atoms with Crippen LogP contribution in [0.25, 0.3) is 0 Å².